The van der Waals surface area contributed by atoms with E-state index in [1.165, 1.54) is 0 Å². The Morgan fingerprint density at radius 1 is 1.19 bits per heavy atom. The summed E-state index contributed by atoms with van der Waals surface area (Å²) in [4.78, 5) is 10.1. The summed E-state index contributed by atoms with van der Waals surface area (Å²) in [6.45, 7) is 18.6. The second-order valence-electron chi connectivity index (χ2n) is 3.55. The molecule has 0 spiro atoms. The first-order valence-corrected chi connectivity index (χ1v) is 7.15. The number of ether oxygens (including phenoxy) is 1. The van der Waals surface area contributed by atoms with Gasteiger partial charge in [0.05, 0.1) is 0 Å². The molecule has 1 N–H and O–H groups in total. The van der Waals surface area contributed by atoms with Crippen LogP contribution in [0.4, 0.5) is 0 Å². The van der Waals surface area contributed by atoms with Gasteiger partial charge in [0.25, 0.3) is 0 Å². The molecular weight excluding hydrogens is 264 g/mol. The number of carboxylic acid groups (broad SMARTS) is 1. The normalized spacial score (nSPS) is 7.52. The Hall–Kier alpha value is -2.03. The molecule has 0 saturated heterocycles. The summed E-state index contributed by atoms with van der Waals surface area (Å²) in [5, 5.41) is 8.30. The number of hydrogen-bond acceptors (Lipinski definition) is 2. The van der Waals surface area contributed by atoms with Crippen LogP contribution in [0.5, 0.6) is 5.75 Å². The van der Waals surface area contributed by atoms with Crippen molar-refractivity contribution in [3.8, 4) is 5.75 Å². The Morgan fingerprint density at radius 2 is 1.57 bits per heavy atom. The molecule has 0 unspecified atom stereocenters. The van der Waals surface area contributed by atoms with Crippen LogP contribution < -0.4 is 4.74 Å². The van der Waals surface area contributed by atoms with Gasteiger partial charge in [-0.25, -0.2) is 4.79 Å². The second kappa shape index (κ2) is 18.0. The molecule has 0 amide bonds. The van der Waals surface area contributed by atoms with Crippen LogP contribution >= 0.6 is 0 Å². The zero-order valence-electron chi connectivity index (χ0n) is 14.3. The lowest BCUT2D eigenvalue weighted by molar-refractivity contribution is -0.139. The van der Waals surface area contributed by atoms with E-state index in [0.29, 0.717) is 5.75 Å². The van der Waals surface area contributed by atoms with E-state index in [9.17, 15) is 4.79 Å². The molecule has 0 aliphatic rings. The first-order valence-electron chi connectivity index (χ1n) is 7.15. The SMILES string of the molecule is C=CC(=C)C.CC.CC.Cc1ccc(OCC(=O)O)cc1. The van der Waals surface area contributed by atoms with Gasteiger partial charge >= 0.3 is 5.97 Å². The van der Waals surface area contributed by atoms with Gasteiger partial charge in [0.15, 0.2) is 6.61 Å². The van der Waals surface area contributed by atoms with Gasteiger partial charge in [-0.05, 0) is 26.0 Å². The number of allylic oxidation sites excluding steroid dienone is 2. The van der Waals surface area contributed by atoms with Gasteiger partial charge in [-0.2, -0.15) is 0 Å². The molecule has 0 bridgehead atoms. The number of carbonyl (C=O) groups is 1. The molecule has 0 aliphatic heterocycles. The molecular formula is C18H30O3. The van der Waals surface area contributed by atoms with Crippen LogP contribution in [0.25, 0.3) is 0 Å². The number of aryl methyl sites for hydroxylation is 1. The van der Waals surface area contributed by atoms with Crippen LogP contribution in [0.3, 0.4) is 0 Å². The van der Waals surface area contributed by atoms with E-state index in [1.807, 2.05) is 53.7 Å². The van der Waals surface area contributed by atoms with Gasteiger partial charge in [0.1, 0.15) is 5.75 Å². The number of carboxylic acids is 1. The summed E-state index contributed by atoms with van der Waals surface area (Å²) < 4.78 is 4.92. The summed E-state index contributed by atoms with van der Waals surface area (Å²) in [6, 6.07) is 7.24. The lowest BCUT2D eigenvalue weighted by Crippen LogP contribution is -2.09. The van der Waals surface area contributed by atoms with Crippen LogP contribution in [-0.2, 0) is 4.79 Å². The first kappa shape index (κ1) is 24.0. The highest BCUT2D eigenvalue weighted by molar-refractivity contribution is 5.68. The molecule has 0 aliphatic carbocycles. The molecule has 0 fully saturated rings. The van der Waals surface area contributed by atoms with Crippen molar-refractivity contribution in [1.82, 2.24) is 0 Å². The fourth-order valence-electron chi connectivity index (χ4n) is 0.780. The third-order valence-electron chi connectivity index (χ3n) is 1.73. The maximum absolute atomic E-state index is 10.1. The summed E-state index contributed by atoms with van der Waals surface area (Å²) >= 11 is 0. The van der Waals surface area contributed by atoms with E-state index in [2.05, 4.69) is 13.2 Å². The largest absolute Gasteiger partial charge is 0.482 e. The van der Waals surface area contributed by atoms with Crippen LogP contribution in [0.2, 0.25) is 0 Å². The average molecular weight is 294 g/mol. The van der Waals surface area contributed by atoms with E-state index in [4.69, 9.17) is 9.84 Å². The zero-order valence-corrected chi connectivity index (χ0v) is 14.3. The molecule has 1 aromatic rings. The van der Waals surface area contributed by atoms with E-state index in [1.54, 1.807) is 18.2 Å². The minimum Gasteiger partial charge on any atom is -0.482 e. The maximum atomic E-state index is 10.1. The molecule has 3 heteroatoms. The lowest BCUT2D eigenvalue weighted by Gasteiger charge is -2.01. The van der Waals surface area contributed by atoms with E-state index >= 15 is 0 Å². The Kier molecular flexibility index (Phi) is 20.6. The molecule has 1 rings (SSSR count). The zero-order chi connectivity index (χ0) is 17.3. The minimum absolute atomic E-state index is 0.289. The Balaban J connectivity index is -0.000000304. The monoisotopic (exact) mass is 294 g/mol. The molecule has 0 aromatic heterocycles. The number of aliphatic carboxylic acids is 1. The van der Waals surface area contributed by atoms with Crippen molar-refractivity contribution in [1.29, 1.82) is 0 Å². The highest BCUT2D eigenvalue weighted by atomic mass is 16.5. The van der Waals surface area contributed by atoms with Crippen LogP contribution in [0.15, 0.2) is 49.1 Å². The third kappa shape index (κ3) is 20.5. The van der Waals surface area contributed by atoms with Crippen molar-refractivity contribution >= 4 is 5.97 Å². The van der Waals surface area contributed by atoms with Gasteiger partial charge in [0, 0.05) is 0 Å². The Bertz CT molecular complexity index is 378. The van der Waals surface area contributed by atoms with Crippen molar-refractivity contribution in [3.63, 3.8) is 0 Å². The predicted molar refractivity (Wildman–Crippen MR) is 92.0 cm³/mol. The number of benzene rings is 1. The summed E-state index contributed by atoms with van der Waals surface area (Å²) in [7, 11) is 0. The third-order valence-corrected chi connectivity index (χ3v) is 1.73. The van der Waals surface area contributed by atoms with Gasteiger partial charge in [-0.15, -0.1) is 0 Å². The minimum atomic E-state index is -0.962. The predicted octanol–water partition coefficient (Wildman–Crippen LogP) is 5.26. The van der Waals surface area contributed by atoms with Crippen molar-refractivity contribution in [2.45, 2.75) is 41.5 Å². The topological polar surface area (TPSA) is 46.5 Å². The summed E-state index contributed by atoms with van der Waals surface area (Å²) in [5.74, 6) is -0.376. The summed E-state index contributed by atoms with van der Waals surface area (Å²) in [6.07, 6.45) is 1.72. The first-order chi connectivity index (χ1) is 9.95. The van der Waals surface area contributed by atoms with Gasteiger partial charge in [-0.3, -0.25) is 0 Å². The van der Waals surface area contributed by atoms with Crippen LogP contribution in [-0.4, -0.2) is 17.7 Å². The molecule has 1 aromatic carbocycles. The molecule has 0 radical (unpaired) electrons. The molecule has 0 heterocycles. The smallest absolute Gasteiger partial charge is 0.341 e. The van der Waals surface area contributed by atoms with Crippen molar-refractivity contribution in [2.75, 3.05) is 6.61 Å². The van der Waals surface area contributed by atoms with Gasteiger partial charge < -0.3 is 9.84 Å². The Labute approximate surface area is 130 Å². The Morgan fingerprint density at radius 3 is 1.86 bits per heavy atom. The van der Waals surface area contributed by atoms with Crippen molar-refractivity contribution < 1.29 is 14.6 Å². The summed E-state index contributed by atoms with van der Waals surface area (Å²) in [5.41, 5.74) is 2.14. The molecule has 0 saturated carbocycles. The second-order valence-corrected chi connectivity index (χ2v) is 3.55. The standard InChI is InChI=1S/C9H10O3.C5H8.2C2H6/c1-7-2-4-8(5-3-7)12-6-9(10)11;1-4-5(2)3;2*1-2/h2-5H,6H2,1H3,(H,10,11);4H,1-2H2,3H3;2*1-2H3. The van der Waals surface area contributed by atoms with Gasteiger partial charge in [0.2, 0.25) is 0 Å². The number of hydrogen-bond donors (Lipinski definition) is 1. The van der Waals surface area contributed by atoms with E-state index in [-0.39, 0.29) is 6.61 Å². The van der Waals surface area contributed by atoms with Crippen LogP contribution in [0, 0.1) is 6.92 Å². The van der Waals surface area contributed by atoms with Gasteiger partial charge in [-0.1, -0.05) is 70.2 Å². The maximum Gasteiger partial charge on any atom is 0.341 e. The van der Waals surface area contributed by atoms with E-state index in [0.717, 1.165) is 11.1 Å². The molecule has 120 valence electrons. The fourth-order valence-corrected chi connectivity index (χ4v) is 0.780. The average Bonchev–Trinajstić information content (AvgIpc) is 2.51. The quantitative estimate of drug-likeness (QED) is 0.770. The fraction of sp³-hybridized carbons (Fsp3) is 0.389. The molecule has 0 atom stereocenters. The van der Waals surface area contributed by atoms with Crippen molar-refractivity contribution in [2.24, 2.45) is 0 Å². The molecule has 21 heavy (non-hydrogen) atoms. The van der Waals surface area contributed by atoms with E-state index < -0.39 is 5.97 Å². The lowest BCUT2D eigenvalue weighted by atomic mass is 10.2. The van der Waals surface area contributed by atoms with Crippen LogP contribution in [0.1, 0.15) is 40.2 Å². The molecule has 3 nitrogen and oxygen atoms in total. The highest BCUT2D eigenvalue weighted by Crippen LogP contribution is 2.10. The highest BCUT2D eigenvalue weighted by Gasteiger charge is 1.97. The number of rotatable bonds is 4. The van der Waals surface area contributed by atoms with Crippen molar-refractivity contribution in [3.05, 3.63) is 54.6 Å².